The highest BCUT2D eigenvalue weighted by Gasteiger charge is 2.27. The van der Waals surface area contributed by atoms with Crippen molar-refractivity contribution in [3.8, 4) is 0 Å². The minimum absolute atomic E-state index is 0.00538. The number of benzene rings is 1. The van der Waals surface area contributed by atoms with Gasteiger partial charge in [-0.05, 0) is 12.1 Å². The Labute approximate surface area is 134 Å². The fraction of sp³-hybridized carbons (Fsp3) is 0.385. The molecule has 0 saturated carbocycles. The Morgan fingerprint density at radius 2 is 1.91 bits per heavy atom. The van der Waals surface area contributed by atoms with Crippen molar-refractivity contribution in [3.05, 3.63) is 30.3 Å². The van der Waals surface area contributed by atoms with E-state index in [1.165, 1.54) is 31.2 Å². The molecule has 1 rings (SSSR count). The van der Waals surface area contributed by atoms with Crippen LogP contribution >= 0.6 is 12.6 Å². The summed E-state index contributed by atoms with van der Waals surface area (Å²) in [4.78, 5) is 22.6. The fourth-order valence-corrected chi connectivity index (χ4v) is 2.58. The molecule has 122 valence electrons. The number of esters is 1. The van der Waals surface area contributed by atoms with Crippen LogP contribution in [-0.4, -0.2) is 43.9 Å². The number of nitrogens with one attached hydrogen (secondary N) is 1. The molecule has 0 spiro atoms. The quantitative estimate of drug-likeness (QED) is 0.467. The molecule has 2 atom stereocenters. The van der Waals surface area contributed by atoms with Crippen molar-refractivity contribution in [1.82, 2.24) is 4.72 Å². The number of carbonyl (C=O) groups excluding carboxylic acids is 1. The Kier molecular flexibility index (Phi) is 6.85. The maximum absolute atomic E-state index is 12.0. The first-order chi connectivity index (χ1) is 10.3. The molecule has 7 nitrogen and oxygen atoms in total. The zero-order valence-corrected chi connectivity index (χ0v) is 13.5. The highest BCUT2D eigenvalue weighted by atomic mass is 32.2. The van der Waals surface area contributed by atoms with Gasteiger partial charge in [0.1, 0.15) is 0 Å². The van der Waals surface area contributed by atoms with Gasteiger partial charge in [0.05, 0.1) is 17.4 Å². The minimum Gasteiger partial charge on any atom is -0.478 e. The highest BCUT2D eigenvalue weighted by molar-refractivity contribution is 7.89. The molecule has 0 amide bonds. The van der Waals surface area contributed by atoms with Crippen LogP contribution < -0.4 is 4.72 Å². The number of sulfonamides is 1. The number of hydrogen-bond donors (Lipinski definition) is 3. The minimum atomic E-state index is -3.87. The van der Waals surface area contributed by atoms with E-state index in [1.807, 2.05) is 0 Å². The Hall–Kier alpha value is -1.58. The van der Waals surface area contributed by atoms with Crippen LogP contribution in [0.5, 0.6) is 0 Å². The molecule has 1 aromatic carbocycles. The summed E-state index contributed by atoms with van der Waals surface area (Å²) in [5.74, 6) is -2.58. The Morgan fingerprint density at radius 3 is 2.41 bits per heavy atom. The standard InChI is InChI=1S/C13H17NO6S2/c1-9(8-21)13(17)20-11(12(15)16)7-14-22(18,19)10-5-3-2-4-6-10/h2-6,9,11,14,21H,7-8H2,1H3,(H,15,16)/t9-,11+/m1/s1. The Bertz CT molecular complexity index is 617. The van der Waals surface area contributed by atoms with Crippen LogP contribution in [-0.2, 0) is 24.3 Å². The molecule has 0 unspecified atom stereocenters. The number of ether oxygens (including phenoxy) is 1. The lowest BCUT2D eigenvalue weighted by molar-refractivity contribution is -0.165. The van der Waals surface area contributed by atoms with E-state index in [0.29, 0.717) is 0 Å². The van der Waals surface area contributed by atoms with Crippen LogP contribution in [0.3, 0.4) is 0 Å². The molecule has 0 saturated heterocycles. The van der Waals surface area contributed by atoms with E-state index in [2.05, 4.69) is 17.4 Å². The number of hydrogen-bond acceptors (Lipinski definition) is 6. The average Bonchev–Trinajstić information content (AvgIpc) is 2.50. The molecular formula is C13H17NO6S2. The monoisotopic (exact) mass is 347 g/mol. The van der Waals surface area contributed by atoms with Crippen LogP contribution in [0.2, 0.25) is 0 Å². The van der Waals surface area contributed by atoms with E-state index in [0.717, 1.165) is 0 Å². The van der Waals surface area contributed by atoms with Gasteiger partial charge in [-0.25, -0.2) is 17.9 Å². The normalized spacial score (nSPS) is 14.1. The van der Waals surface area contributed by atoms with E-state index in [-0.39, 0.29) is 10.6 Å². The number of carbonyl (C=O) groups is 2. The summed E-state index contributed by atoms with van der Waals surface area (Å²) in [7, 11) is -3.87. The average molecular weight is 347 g/mol. The fourth-order valence-electron chi connectivity index (χ4n) is 1.38. The van der Waals surface area contributed by atoms with Crippen LogP contribution in [0.25, 0.3) is 0 Å². The van der Waals surface area contributed by atoms with Gasteiger partial charge in [0, 0.05) is 5.75 Å². The van der Waals surface area contributed by atoms with Gasteiger partial charge in [-0.3, -0.25) is 4.79 Å². The van der Waals surface area contributed by atoms with Gasteiger partial charge in [-0.15, -0.1) is 0 Å². The molecule has 2 N–H and O–H groups in total. The molecule has 9 heteroatoms. The third kappa shape index (κ3) is 5.32. The molecule has 0 aliphatic heterocycles. The second-order valence-electron chi connectivity index (χ2n) is 4.51. The summed E-state index contributed by atoms with van der Waals surface area (Å²) in [6, 6.07) is 7.47. The molecule has 0 aliphatic rings. The van der Waals surface area contributed by atoms with Crippen LogP contribution in [0, 0.1) is 5.92 Å². The molecule has 0 aromatic heterocycles. The summed E-state index contributed by atoms with van der Waals surface area (Å²) < 4.78 is 30.9. The zero-order valence-electron chi connectivity index (χ0n) is 11.8. The lowest BCUT2D eigenvalue weighted by atomic mass is 10.2. The van der Waals surface area contributed by atoms with Gasteiger partial charge in [0.25, 0.3) is 0 Å². The third-order valence-electron chi connectivity index (χ3n) is 2.72. The van der Waals surface area contributed by atoms with Crippen molar-refractivity contribution in [1.29, 1.82) is 0 Å². The predicted octanol–water partition coefficient (Wildman–Crippen LogP) is 0.527. The van der Waals surface area contributed by atoms with Crippen LogP contribution in [0.1, 0.15) is 6.92 Å². The van der Waals surface area contributed by atoms with Crippen molar-refractivity contribution in [3.63, 3.8) is 0 Å². The second kappa shape index (κ2) is 8.16. The highest BCUT2D eigenvalue weighted by Crippen LogP contribution is 2.08. The molecule has 0 bridgehead atoms. The van der Waals surface area contributed by atoms with E-state index < -0.39 is 40.5 Å². The number of carboxylic acids is 1. The summed E-state index contributed by atoms with van der Waals surface area (Å²) in [5, 5.41) is 9.01. The van der Waals surface area contributed by atoms with Crippen LogP contribution in [0.15, 0.2) is 35.2 Å². The summed E-state index contributed by atoms with van der Waals surface area (Å²) >= 11 is 3.92. The third-order valence-corrected chi connectivity index (χ3v) is 4.71. The lowest BCUT2D eigenvalue weighted by Gasteiger charge is -2.16. The molecule has 22 heavy (non-hydrogen) atoms. The Morgan fingerprint density at radius 1 is 1.32 bits per heavy atom. The van der Waals surface area contributed by atoms with E-state index in [4.69, 9.17) is 9.84 Å². The molecule has 0 aliphatic carbocycles. The van der Waals surface area contributed by atoms with Gasteiger partial charge < -0.3 is 9.84 Å². The predicted molar refractivity (Wildman–Crippen MR) is 82.2 cm³/mol. The molecule has 0 radical (unpaired) electrons. The van der Waals surface area contributed by atoms with Gasteiger partial charge in [-0.1, -0.05) is 25.1 Å². The van der Waals surface area contributed by atoms with Crippen molar-refractivity contribution in [2.24, 2.45) is 5.92 Å². The zero-order chi connectivity index (χ0) is 16.8. The number of thiol groups is 1. The molecule has 0 fully saturated rings. The number of rotatable bonds is 8. The first kappa shape index (κ1) is 18.5. The van der Waals surface area contributed by atoms with E-state index in [1.54, 1.807) is 6.07 Å². The first-order valence-electron chi connectivity index (χ1n) is 6.36. The maximum atomic E-state index is 12.0. The van der Waals surface area contributed by atoms with E-state index >= 15 is 0 Å². The summed E-state index contributed by atoms with van der Waals surface area (Å²) in [5.41, 5.74) is 0. The van der Waals surface area contributed by atoms with Gasteiger partial charge in [-0.2, -0.15) is 12.6 Å². The Balaban J connectivity index is 2.73. The second-order valence-corrected chi connectivity index (χ2v) is 6.64. The van der Waals surface area contributed by atoms with Crippen molar-refractivity contribution < 1.29 is 27.9 Å². The SMILES string of the molecule is C[C@H](CS)C(=O)O[C@@H](CNS(=O)(=O)c1ccccc1)C(=O)O. The van der Waals surface area contributed by atoms with Crippen LogP contribution in [0.4, 0.5) is 0 Å². The number of carboxylic acid groups (broad SMARTS) is 1. The van der Waals surface area contributed by atoms with E-state index in [9.17, 15) is 18.0 Å². The van der Waals surface area contributed by atoms with Gasteiger partial charge >= 0.3 is 11.9 Å². The van der Waals surface area contributed by atoms with Crippen molar-refractivity contribution in [2.45, 2.75) is 17.9 Å². The summed E-state index contributed by atoms with van der Waals surface area (Å²) in [6.45, 7) is 0.972. The van der Waals surface area contributed by atoms with Crippen molar-refractivity contribution in [2.75, 3.05) is 12.3 Å². The molecule has 1 aromatic rings. The topological polar surface area (TPSA) is 110 Å². The number of aliphatic carboxylic acids is 1. The summed E-state index contributed by atoms with van der Waals surface area (Å²) in [6.07, 6.45) is -1.60. The largest absolute Gasteiger partial charge is 0.478 e. The maximum Gasteiger partial charge on any atom is 0.346 e. The van der Waals surface area contributed by atoms with Gasteiger partial charge in [0.2, 0.25) is 16.1 Å². The first-order valence-corrected chi connectivity index (χ1v) is 8.48. The molecular weight excluding hydrogens is 330 g/mol. The molecule has 0 heterocycles. The lowest BCUT2D eigenvalue weighted by Crippen LogP contribution is -2.40. The smallest absolute Gasteiger partial charge is 0.346 e. The van der Waals surface area contributed by atoms with Gasteiger partial charge in [0.15, 0.2) is 0 Å². The van der Waals surface area contributed by atoms with Crippen molar-refractivity contribution >= 4 is 34.6 Å².